The lowest BCUT2D eigenvalue weighted by molar-refractivity contribution is -0.138. The molecular weight excluding hydrogens is 444 g/mol. The minimum absolute atomic E-state index is 0.0256. The molecule has 0 spiro atoms. The Morgan fingerprint density at radius 2 is 1.91 bits per heavy atom. The Hall–Kier alpha value is -2.49. The molecule has 3 N–H and O–H groups in total. The number of sulfonamides is 1. The van der Waals surface area contributed by atoms with Crippen LogP contribution in [0.15, 0.2) is 47.4 Å². The predicted molar refractivity (Wildman–Crippen MR) is 125 cm³/mol. The molecule has 1 aromatic rings. The van der Waals surface area contributed by atoms with Gasteiger partial charge in [-0.1, -0.05) is 24.6 Å². The first-order chi connectivity index (χ1) is 15.8. The van der Waals surface area contributed by atoms with Crippen molar-refractivity contribution in [2.75, 3.05) is 19.7 Å². The van der Waals surface area contributed by atoms with E-state index in [4.69, 9.17) is 4.74 Å². The van der Waals surface area contributed by atoms with Crippen molar-refractivity contribution in [1.82, 2.24) is 10.0 Å². The summed E-state index contributed by atoms with van der Waals surface area (Å²) in [4.78, 5) is 23.0. The number of carboxylic acid groups (broad SMARTS) is 1. The fourth-order valence-electron chi connectivity index (χ4n) is 4.03. The minimum atomic E-state index is -4.08. The molecule has 8 nitrogen and oxygen atoms in total. The molecule has 1 aromatic carbocycles. The quantitative estimate of drug-likeness (QED) is 0.396. The molecule has 33 heavy (non-hydrogen) atoms. The van der Waals surface area contributed by atoms with E-state index >= 15 is 0 Å². The molecule has 0 bridgehead atoms. The zero-order valence-electron chi connectivity index (χ0n) is 18.7. The molecule has 1 saturated heterocycles. The maximum absolute atomic E-state index is 12.5. The van der Waals surface area contributed by atoms with Gasteiger partial charge < -0.3 is 15.2 Å². The Morgan fingerprint density at radius 1 is 1.18 bits per heavy atom. The Morgan fingerprint density at radius 3 is 2.58 bits per heavy atom. The Kier molecular flexibility index (Phi) is 9.22. The summed E-state index contributed by atoms with van der Waals surface area (Å²) in [6, 6.07) is 5.66. The fourth-order valence-corrected chi connectivity index (χ4v) is 5.33. The van der Waals surface area contributed by atoms with Gasteiger partial charge in [-0.2, -0.15) is 4.72 Å². The third-order valence-electron chi connectivity index (χ3n) is 5.95. The number of hydrogen-bond acceptors (Lipinski definition) is 6. The van der Waals surface area contributed by atoms with Crippen molar-refractivity contribution in [2.45, 2.75) is 51.0 Å². The van der Waals surface area contributed by atoms with Gasteiger partial charge in [-0.05, 0) is 81.0 Å². The average Bonchev–Trinajstić information content (AvgIpc) is 2.80. The van der Waals surface area contributed by atoms with Gasteiger partial charge in [0.1, 0.15) is 11.8 Å². The Bertz CT molecular complexity index is 979. The molecule has 2 aliphatic rings. The summed E-state index contributed by atoms with van der Waals surface area (Å²) in [6.07, 6.45) is 9.51. The van der Waals surface area contributed by atoms with Gasteiger partial charge in [0, 0.05) is 6.42 Å². The standard InChI is InChI=1S/C24H32N2O6S/c27-20-5-3-6-22(17-20)33(30,31)26-23(24(28)29)16-19-7-9-21(10-8-19)32-15-2-1-4-18-11-13-25-14-12-18/h3,5-10,18,23,25-26H,1-2,4,11-17H2,(H,28,29)/t23-/m0/s1. The van der Waals surface area contributed by atoms with Crippen molar-refractivity contribution in [1.29, 1.82) is 0 Å². The Balaban J connectivity index is 1.46. The zero-order valence-corrected chi connectivity index (χ0v) is 19.5. The number of carboxylic acids is 1. The van der Waals surface area contributed by atoms with Crippen LogP contribution in [0.1, 0.15) is 44.1 Å². The molecule has 1 aliphatic carbocycles. The second-order valence-corrected chi connectivity index (χ2v) is 10.3. The normalized spacial score (nSPS) is 18.1. The summed E-state index contributed by atoms with van der Waals surface area (Å²) < 4.78 is 33.0. The number of unbranched alkanes of at least 4 members (excludes halogenated alkanes) is 1. The summed E-state index contributed by atoms with van der Waals surface area (Å²) in [6.45, 7) is 2.86. The summed E-state index contributed by atoms with van der Waals surface area (Å²) >= 11 is 0. The SMILES string of the molecule is O=C1C=CC=C(S(=O)(=O)N[C@@H](Cc2ccc(OCCCCC3CCNCC3)cc2)C(=O)O)C1. The molecule has 1 aliphatic heterocycles. The molecule has 1 heterocycles. The zero-order chi connectivity index (χ0) is 23.7. The van der Waals surface area contributed by atoms with Crippen LogP contribution in [0.4, 0.5) is 0 Å². The molecule has 180 valence electrons. The number of benzene rings is 1. The number of rotatable bonds is 12. The highest BCUT2D eigenvalue weighted by atomic mass is 32.2. The summed E-state index contributed by atoms with van der Waals surface area (Å²) in [7, 11) is -4.08. The van der Waals surface area contributed by atoms with Crippen molar-refractivity contribution in [3.8, 4) is 5.75 Å². The molecule has 3 rings (SSSR count). The summed E-state index contributed by atoms with van der Waals surface area (Å²) in [5.41, 5.74) is 0.664. The second kappa shape index (κ2) is 12.1. The number of ketones is 1. The van der Waals surface area contributed by atoms with Gasteiger partial charge in [-0.25, -0.2) is 8.42 Å². The molecule has 1 atom stereocenters. The minimum Gasteiger partial charge on any atom is -0.494 e. The lowest BCUT2D eigenvalue weighted by Gasteiger charge is -2.22. The lowest BCUT2D eigenvalue weighted by atomic mass is 9.93. The Labute approximate surface area is 195 Å². The van der Waals surface area contributed by atoms with Crippen LogP contribution < -0.4 is 14.8 Å². The molecule has 0 saturated carbocycles. The van der Waals surface area contributed by atoms with Crippen molar-refractivity contribution >= 4 is 21.8 Å². The van der Waals surface area contributed by atoms with E-state index in [2.05, 4.69) is 10.0 Å². The molecule has 9 heteroatoms. The van der Waals surface area contributed by atoms with Crippen molar-refractivity contribution in [2.24, 2.45) is 5.92 Å². The lowest BCUT2D eigenvalue weighted by Crippen LogP contribution is -2.43. The highest BCUT2D eigenvalue weighted by molar-refractivity contribution is 7.93. The molecule has 0 amide bonds. The first-order valence-corrected chi connectivity index (χ1v) is 12.9. The molecule has 0 radical (unpaired) electrons. The smallest absolute Gasteiger partial charge is 0.322 e. The summed E-state index contributed by atoms with van der Waals surface area (Å²) in [5, 5.41) is 12.9. The van der Waals surface area contributed by atoms with Crippen molar-refractivity contribution in [3.05, 3.63) is 53.0 Å². The van der Waals surface area contributed by atoms with E-state index in [-0.39, 0.29) is 23.5 Å². The van der Waals surface area contributed by atoms with E-state index < -0.39 is 22.0 Å². The number of carbonyl (C=O) groups excluding carboxylic acids is 1. The van der Waals surface area contributed by atoms with Crippen LogP contribution in [-0.4, -0.2) is 51.0 Å². The average molecular weight is 477 g/mol. The van der Waals surface area contributed by atoms with Crippen LogP contribution in [0, 0.1) is 5.92 Å². The number of aliphatic carboxylic acids is 1. The van der Waals surface area contributed by atoms with Crippen LogP contribution in [0.5, 0.6) is 5.75 Å². The van der Waals surface area contributed by atoms with Gasteiger partial charge in [-0.15, -0.1) is 0 Å². The third kappa shape index (κ3) is 8.10. The van der Waals surface area contributed by atoms with Gasteiger partial charge in [0.05, 0.1) is 11.5 Å². The van der Waals surface area contributed by atoms with Crippen LogP contribution in [0.25, 0.3) is 0 Å². The second-order valence-electron chi connectivity index (χ2n) is 8.53. The first kappa shape index (κ1) is 25.1. The van der Waals surface area contributed by atoms with Gasteiger partial charge in [0.2, 0.25) is 10.0 Å². The van der Waals surface area contributed by atoms with E-state index in [1.165, 1.54) is 37.5 Å². The highest BCUT2D eigenvalue weighted by Crippen LogP contribution is 2.20. The van der Waals surface area contributed by atoms with E-state index in [0.29, 0.717) is 17.9 Å². The van der Waals surface area contributed by atoms with E-state index in [9.17, 15) is 23.1 Å². The number of piperidine rings is 1. The van der Waals surface area contributed by atoms with Crippen LogP contribution >= 0.6 is 0 Å². The van der Waals surface area contributed by atoms with Crippen molar-refractivity contribution in [3.63, 3.8) is 0 Å². The fraction of sp³-hybridized carbons (Fsp3) is 0.500. The molecule has 0 aromatic heterocycles. The van der Waals surface area contributed by atoms with Gasteiger partial charge in [0.25, 0.3) is 0 Å². The topological polar surface area (TPSA) is 122 Å². The van der Waals surface area contributed by atoms with E-state index in [1.807, 2.05) is 0 Å². The monoisotopic (exact) mass is 476 g/mol. The summed E-state index contributed by atoms with van der Waals surface area (Å²) in [5.74, 6) is -0.111. The van der Waals surface area contributed by atoms with Gasteiger partial charge in [-0.3, -0.25) is 9.59 Å². The molecule has 0 unspecified atom stereocenters. The van der Waals surface area contributed by atoms with Gasteiger partial charge >= 0.3 is 5.97 Å². The van der Waals surface area contributed by atoms with E-state index in [1.54, 1.807) is 24.3 Å². The predicted octanol–water partition coefficient (Wildman–Crippen LogP) is 2.56. The largest absolute Gasteiger partial charge is 0.494 e. The molecular formula is C24H32N2O6S. The third-order valence-corrected chi connectivity index (χ3v) is 7.52. The van der Waals surface area contributed by atoms with Crippen LogP contribution in [0.3, 0.4) is 0 Å². The maximum Gasteiger partial charge on any atom is 0.322 e. The van der Waals surface area contributed by atoms with E-state index in [0.717, 1.165) is 31.8 Å². The highest BCUT2D eigenvalue weighted by Gasteiger charge is 2.28. The number of hydrogen-bond donors (Lipinski definition) is 3. The maximum atomic E-state index is 12.5. The number of carbonyl (C=O) groups is 2. The van der Waals surface area contributed by atoms with Gasteiger partial charge in [0.15, 0.2) is 5.78 Å². The number of allylic oxidation sites excluding steroid dienone is 4. The number of nitrogens with one attached hydrogen (secondary N) is 2. The first-order valence-electron chi connectivity index (χ1n) is 11.4. The molecule has 1 fully saturated rings. The number of ether oxygens (including phenoxy) is 1. The van der Waals surface area contributed by atoms with Crippen LogP contribution in [-0.2, 0) is 26.0 Å². The van der Waals surface area contributed by atoms with Crippen LogP contribution in [0.2, 0.25) is 0 Å². The van der Waals surface area contributed by atoms with Crippen molar-refractivity contribution < 1.29 is 27.9 Å².